The number of alkyl halides is 1. The first-order valence-corrected chi connectivity index (χ1v) is 5.70. The molecule has 86 valence electrons. The van der Waals surface area contributed by atoms with E-state index in [0.717, 1.165) is 0 Å². The van der Waals surface area contributed by atoms with E-state index in [1.165, 1.54) is 0 Å². The fourth-order valence-electron chi connectivity index (χ4n) is 1.89. The largest absolute Gasteiger partial charge is 0.392 e. The molecule has 1 unspecified atom stereocenters. The molecule has 1 saturated heterocycles. The summed E-state index contributed by atoms with van der Waals surface area (Å²) in [4.78, 5) is 17.5. The Morgan fingerprint density at radius 3 is 3.06 bits per heavy atom. The highest BCUT2D eigenvalue weighted by atomic mass is 35.5. The minimum atomic E-state index is -0.113. The third-order valence-electron chi connectivity index (χ3n) is 2.72. The second-order valence-corrected chi connectivity index (χ2v) is 4.18. The Hall–Kier alpha value is -1.13. The van der Waals surface area contributed by atoms with Crippen LogP contribution in [0.5, 0.6) is 0 Å². The highest BCUT2D eigenvalue weighted by Crippen LogP contribution is 2.26. The fourth-order valence-corrected chi connectivity index (χ4v) is 2.09. The summed E-state index contributed by atoms with van der Waals surface area (Å²) in [5.74, 6) is 1.24. The van der Waals surface area contributed by atoms with Crippen LogP contribution in [0.1, 0.15) is 12.0 Å². The Labute approximate surface area is 98.9 Å². The van der Waals surface area contributed by atoms with Crippen molar-refractivity contribution in [2.75, 3.05) is 17.3 Å². The average molecular weight is 241 g/mol. The third kappa shape index (κ3) is 2.03. The van der Waals surface area contributed by atoms with Crippen LogP contribution in [-0.4, -0.2) is 28.4 Å². The fraction of sp³-hybridized carbons (Fsp3) is 0.455. The normalized spacial score (nSPS) is 20.5. The van der Waals surface area contributed by atoms with Gasteiger partial charge in [-0.05, 0) is 12.0 Å². The Bertz CT molecular complexity index is 397. The van der Waals surface area contributed by atoms with Gasteiger partial charge in [-0.1, -0.05) is 6.07 Å². The lowest BCUT2D eigenvalue weighted by molar-refractivity contribution is -0.117. The number of halogens is 1. The smallest absolute Gasteiger partial charge is 0.228 e. The molecule has 5 heteroatoms. The number of aliphatic hydroxyl groups excluding tert-OH is 1. The van der Waals surface area contributed by atoms with Gasteiger partial charge in [0.25, 0.3) is 0 Å². The van der Waals surface area contributed by atoms with E-state index in [1.807, 2.05) is 0 Å². The van der Waals surface area contributed by atoms with Gasteiger partial charge in [-0.3, -0.25) is 9.69 Å². The first-order chi connectivity index (χ1) is 7.76. The molecule has 1 amide bonds. The number of hydrogen-bond donors (Lipinski definition) is 1. The first kappa shape index (κ1) is 11.4. The van der Waals surface area contributed by atoms with Gasteiger partial charge in [0, 0.05) is 30.6 Å². The van der Waals surface area contributed by atoms with Crippen molar-refractivity contribution in [2.24, 2.45) is 5.92 Å². The molecule has 0 aromatic carbocycles. The Morgan fingerprint density at radius 2 is 2.44 bits per heavy atom. The zero-order valence-electron chi connectivity index (χ0n) is 8.77. The van der Waals surface area contributed by atoms with Crippen molar-refractivity contribution >= 4 is 23.3 Å². The SMILES string of the molecule is O=C1CC(CCl)CN1c1ncccc1CO. The van der Waals surface area contributed by atoms with Crippen molar-refractivity contribution in [2.45, 2.75) is 13.0 Å². The lowest BCUT2D eigenvalue weighted by atomic mass is 10.1. The van der Waals surface area contributed by atoms with Gasteiger partial charge in [0.15, 0.2) is 0 Å². The molecule has 0 spiro atoms. The topological polar surface area (TPSA) is 53.4 Å². The Balaban J connectivity index is 2.27. The van der Waals surface area contributed by atoms with Crippen molar-refractivity contribution in [3.8, 4) is 0 Å². The second-order valence-electron chi connectivity index (χ2n) is 3.87. The van der Waals surface area contributed by atoms with E-state index in [0.29, 0.717) is 30.2 Å². The van der Waals surface area contributed by atoms with Crippen molar-refractivity contribution in [3.05, 3.63) is 23.9 Å². The molecule has 1 atom stereocenters. The van der Waals surface area contributed by atoms with Gasteiger partial charge < -0.3 is 5.11 Å². The monoisotopic (exact) mass is 240 g/mol. The molecule has 1 aliphatic rings. The molecule has 1 aromatic rings. The van der Waals surface area contributed by atoms with Gasteiger partial charge in [0.2, 0.25) is 5.91 Å². The van der Waals surface area contributed by atoms with Crippen LogP contribution in [-0.2, 0) is 11.4 Å². The van der Waals surface area contributed by atoms with Gasteiger partial charge in [-0.15, -0.1) is 11.6 Å². The van der Waals surface area contributed by atoms with E-state index in [9.17, 15) is 9.90 Å². The van der Waals surface area contributed by atoms with Gasteiger partial charge in [0.1, 0.15) is 5.82 Å². The minimum absolute atomic E-state index is 0.0269. The third-order valence-corrected chi connectivity index (χ3v) is 3.15. The zero-order chi connectivity index (χ0) is 11.5. The Kier molecular flexibility index (Phi) is 3.41. The number of carbonyl (C=O) groups excluding carboxylic acids is 1. The predicted molar refractivity (Wildman–Crippen MR) is 61.3 cm³/mol. The predicted octanol–water partition coefficient (Wildman–Crippen LogP) is 1.17. The maximum atomic E-state index is 11.8. The molecule has 0 radical (unpaired) electrons. The van der Waals surface area contributed by atoms with Crippen LogP contribution in [0.2, 0.25) is 0 Å². The van der Waals surface area contributed by atoms with Crippen LogP contribution in [0.25, 0.3) is 0 Å². The highest BCUT2D eigenvalue weighted by molar-refractivity contribution is 6.18. The van der Waals surface area contributed by atoms with E-state index in [4.69, 9.17) is 11.6 Å². The molecular weight excluding hydrogens is 228 g/mol. The number of nitrogens with zero attached hydrogens (tertiary/aromatic N) is 2. The number of aromatic nitrogens is 1. The number of anilines is 1. The number of hydrogen-bond acceptors (Lipinski definition) is 3. The van der Waals surface area contributed by atoms with E-state index in [-0.39, 0.29) is 18.4 Å². The van der Waals surface area contributed by atoms with Crippen molar-refractivity contribution in [3.63, 3.8) is 0 Å². The molecule has 16 heavy (non-hydrogen) atoms. The van der Waals surface area contributed by atoms with E-state index < -0.39 is 0 Å². The van der Waals surface area contributed by atoms with Crippen LogP contribution in [0.4, 0.5) is 5.82 Å². The number of aliphatic hydroxyl groups is 1. The van der Waals surface area contributed by atoms with Gasteiger partial charge in [0.05, 0.1) is 6.61 Å². The van der Waals surface area contributed by atoms with Gasteiger partial charge >= 0.3 is 0 Å². The van der Waals surface area contributed by atoms with E-state index in [1.54, 1.807) is 23.2 Å². The minimum Gasteiger partial charge on any atom is -0.392 e. The molecule has 1 aromatic heterocycles. The maximum Gasteiger partial charge on any atom is 0.228 e. The summed E-state index contributed by atoms with van der Waals surface area (Å²) < 4.78 is 0. The molecular formula is C11H13ClN2O2. The van der Waals surface area contributed by atoms with Gasteiger partial charge in [-0.2, -0.15) is 0 Å². The van der Waals surface area contributed by atoms with E-state index in [2.05, 4.69) is 4.98 Å². The lowest BCUT2D eigenvalue weighted by Gasteiger charge is -2.17. The molecule has 1 fully saturated rings. The van der Waals surface area contributed by atoms with Gasteiger partial charge in [-0.25, -0.2) is 4.98 Å². The average Bonchev–Trinajstić information content (AvgIpc) is 2.70. The summed E-state index contributed by atoms with van der Waals surface area (Å²) in [5, 5.41) is 9.18. The van der Waals surface area contributed by atoms with Crippen LogP contribution in [0.15, 0.2) is 18.3 Å². The molecule has 0 aliphatic carbocycles. The van der Waals surface area contributed by atoms with Crippen LogP contribution in [0.3, 0.4) is 0 Å². The molecule has 1 N–H and O–H groups in total. The molecule has 4 nitrogen and oxygen atoms in total. The van der Waals surface area contributed by atoms with Crippen molar-refractivity contribution in [1.82, 2.24) is 4.98 Å². The first-order valence-electron chi connectivity index (χ1n) is 5.17. The summed E-state index contributed by atoms with van der Waals surface area (Å²) in [6, 6.07) is 3.51. The number of carbonyl (C=O) groups is 1. The number of pyridine rings is 1. The molecule has 2 rings (SSSR count). The summed E-state index contributed by atoms with van der Waals surface area (Å²) >= 11 is 5.75. The van der Waals surface area contributed by atoms with Crippen LogP contribution in [0, 0.1) is 5.92 Å². The quantitative estimate of drug-likeness (QED) is 0.807. The van der Waals surface area contributed by atoms with Crippen LogP contribution >= 0.6 is 11.6 Å². The van der Waals surface area contributed by atoms with Crippen LogP contribution < -0.4 is 4.90 Å². The lowest BCUT2D eigenvalue weighted by Crippen LogP contribution is -2.26. The number of rotatable bonds is 3. The summed E-state index contributed by atoms with van der Waals surface area (Å²) in [7, 11) is 0. The summed E-state index contributed by atoms with van der Waals surface area (Å²) in [6.07, 6.45) is 2.08. The molecule has 1 aliphatic heterocycles. The standard InChI is InChI=1S/C11H13ClN2O2/c12-5-8-4-10(16)14(6-8)11-9(7-15)2-1-3-13-11/h1-3,8,15H,4-7H2. The van der Waals surface area contributed by atoms with E-state index >= 15 is 0 Å². The summed E-state index contributed by atoms with van der Waals surface area (Å²) in [5.41, 5.74) is 0.672. The molecule has 2 heterocycles. The zero-order valence-corrected chi connectivity index (χ0v) is 9.52. The number of amides is 1. The maximum absolute atomic E-state index is 11.8. The molecule has 0 bridgehead atoms. The van der Waals surface area contributed by atoms with Crippen molar-refractivity contribution < 1.29 is 9.90 Å². The van der Waals surface area contributed by atoms with Crippen molar-refractivity contribution in [1.29, 1.82) is 0 Å². The second kappa shape index (κ2) is 4.80. The Morgan fingerprint density at radius 1 is 1.62 bits per heavy atom. The summed E-state index contributed by atoms with van der Waals surface area (Å²) in [6.45, 7) is 0.477. The highest BCUT2D eigenvalue weighted by Gasteiger charge is 2.31. The molecule has 0 saturated carbocycles.